The van der Waals surface area contributed by atoms with Gasteiger partial charge >= 0.3 is 0 Å². The van der Waals surface area contributed by atoms with Crippen LogP contribution in [0.5, 0.6) is 5.75 Å². The molecule has 0 aliphatic carbocycles. The molecule has 2 aromatic carbocycles. The zero-order valence-corrected chi connectivity index (χ0v) is 16.2. The monoisotopic (exact) mass is 393 g/mol. The van der Waals surface area contributed by atoms with Crippen LogP contribution < -0.4 is 10.1 Å². The van der Waals surface area contributed by atoms with E-state index >= 15 is 0 Å². The average Bonchev–Trinajstić information content (AvgIpc) is 3.18. The van der Waals surface area contributed by atoms with Crippen molar-refractivity contribution in [1.82, 2.24) is 10.2 Å². The number of rotatable bonds is 7. The molecule has 0 bridgehead atoms. The van der Waals surface area contributed by atoms with Gasteiger partial charge in [-0.2, -0.15) is 5.26 Å². The third-order valence-electron chi connectivity index (χ3n) is 4.72. The number of nitrogens with one attached hydrogen (secondary N) is 1. The standard InChI is InChI=1S/C22H23N3O4/c1-28-11-10-24-21(26)20-13-19(29-18-8-3-2-4-9-18)15-25(20)22(27)17-7-5-6-16(12-17)14-23/h2-9,12,19-20H,10-11,13,15H2,1H3,(H,24,26)/t19-,20-/m0/s1. The maximum absolute atomic E-state index is 13.1. The molecule has 1 saturated heterocycles. The molecule has 7 nitrogen and oxygen atoms in total. The van der Waals surface area contributed by atoms with Gasteiger partial charge in [0.1, 0.15) is 17.9 Å². The Morgan fingerprint density at radius 1 is 1.21 bits per heavy atom. The van der Waals surface area contributed by atoms with Crippen LogP contribution in [0, 0.1) is 11.3 Å². The van der Waals surface area contributed by atoms with Gasteiger partial charge in [-0.15, -0.1) is 0 Å². The van der Waals surface area contributed by atoms with Crippen molar-refractivity contribution in [3.05, 3.63) is 65.7 Å². The molecule has 0 spiro atoms. The zero-order chi connectivity index (χ0) is 20.6. The Balaban J connectivity index is 1.78. The van der Waals surface area contributed by atoms with Crippen LogP contribution in [-0.4, -0.2) is 55.7 Å². The van der Waals surface area contributed by atoms with E-state index in [1.165, 1.54) is 11.0 Å². The van der Waals surface area contributed by atoms with E-state index in [-0.39, 0.29) is 24.5 Å². The number of amides is 2. The van der Waals surface area contributed by atoms with E-state index in [2.05, 4.69) is 5.32 Å². The van der Waals surface area contributed by atoms with Crippen LogP contribution in [0.2, 0.25) is 0 Å². The molecule has 1 N–H and O–H groups in total. The van der Waals surface area contributed by atoms with Gasteiger partial charge in [-0.3, -0.25) is 9.59 Å². The molecule has 0 aromatic heterocycles. The van der Waals surface area contributed by atoms with Gasteiger partial charge in [0.05, 0.1) is 24.8 Å². The molecule has 2 amide bonds. The molecule has 1 heterocycles. The summed E-state index contributed by atoms with van der Waals surface area (Å²) < 4.78 is 11.0. The fourth-order valence-electron chi connectivity index (χ4n) is 3.33. The van der Waals surface area contributed by atoms with Gasteiger partial charge in [-0.1, -0.05) is 24.3 Å². The Bertz CT molecular complexity index is 894. The highest BCUT2D eigenvalue weighted by molar-refractivity contribution is 5.98. The van der Waals surface area contributed by atoms with Crippen molar-refractivity contribution in [2.75, 3.05) is 26.8 Å². The number of para-hydroxylation sites is 1. The van der Waals surface area contributed by atoms with Gasteiger partial charge in [-0.25, -0.2) is 0 Å². The van der Waals surface area contributed by atoms with Crippen molar-refractivity contribution in [3.63, 3.8) is 0 Å². The summed E-state index contributed by atoms with van der Waals surface area (Å²) in [4.78, 5) is 27.4. The summed E-state index contributed by atoms with van der Waals surface area (Å²) in [7, 11) is 1.56. The first kappa shape index (κ1) is 20.4. The Morgan fingerprint density at radius 2 is 2.00 bits per heavy atom. The minimum atomic E-state index is -0.654. The number of ether oxygens (including phenoxy) is 2. The summed E-state index contributed by atoms with van der Waals surface area (Å²) in [5, 5.41) is 11.9. The lowest BCUT2D eigenvalue weighted by Crippen LogP contribution is -2.46. The quantitative estimate of drug-likeness (QED) is 0.727. The molecule has 1 aliphatic rings. The lowest BCUT2D eigenvalue weighted by atomic mass is 10.1. The highest BCUT2D eigenvalue weighted by Crippen LogP contribution is 2.25. The van der Waals surface area contributed by atoms with Crippen LogP contribution in [0.3, 0.4) is 0 Å². The van der Waals surface area contributed by atoms with Gasteiger partial charge in [-0.05, 0) is 30.3 Å². The molecule has 150 valence electrons. The zero-order valence-electron chi connectivity index (χ0n) is 16.2. The summed E-state index contributed by atoms with van der Waals surface area (Å²) in [5.74, 6) is 0.149. The van der Waals surface area contributed by atoms with Gasteiger partial charge < -0.3 is 19.7 Å². The van der Waals surface area contributed by atoms with E-state index in [4.69, 9.17) is 14.7 Å². The first-order valence-electron chi connectivity index (χ1n) is 9.42. The van der Waals surface area contributed by atoms with Gasteiger partial charge in [0, 0.05) is 25.6 Å². The van der Waals surface area contributed by atoms with Crippen LogP contribution in [0.1, 0.15) is 22.3 Å². The van der Waals surface area contributed by atoms with E-state index < -0.39 is 6.04 Å². The number of hydrogen-bond acceptors (Lipinski definition) is 5. The molecule has 0 unspecified atom stereocenters. The predicted octanol–water partition coefficient (Wildman–Crippen LogP) is 1.98. The van der Waals surface area contributed by atoms with Crippen LogP contribution in [-0.2, 0) is 9.53 Å². The fraction of sp³-hybridized carbons (Fsp3) is 0.318. The molecular formula is C22H23N3O4. The van der Waals surface area contributed by atoms with E-state index in [0.717, 1.165) is 0 Å². The van der Waals surface area contributed by atoms with Crippen LogP contribution >= 0.6 is 0 Å². The van der Waals surface area contributed by atoms with E-state index in [1.54, 1.807) is 25.3 Å². The second kappa shape index (κ2) is 9.71. The average molecular weight is 393 g/mol. The third-order valence-corrected chi connectivity index (χ3v) is 4.72. The molecule has 0 radical (unpaired) electrons. The summed E-state index contributed by atoms with van der Waals surface area (Å²) >= 11 is 0. The molecule has 1 fully saturated rings. The Morgan fingerprint density at radius 3 is 2.72 bits per heavy atom. The minimum Gasteiger partial charge on any atom is -0.488 e. The maximum Gasteiger partial charge on any atom is 0.254 e. The van der Waals surface area contributed by atoms with Crippen LogP contribution in [0.15, 0.2) is 54.6 Å². The van der Waals surface area contributed by atoms with Crippen molar-refractivity contribution in [3.8, 4) is 11.8 Å². The second-order valence-electron chi connectivity index (χ2n) is 6.74. The lowest BCUT2D eigenvalue weighted by molar-refractivity contribution is -0.125. The van der Waals surface area contributed by atoms with Crippen molar-refractivity contribution < 1.29 is 19.1 Å². The first-order chi connectivity index (χ1) is 14.1. The topological polar surface area (TPSA) is 91.7 Å². The van der Waals surface area contributed by atoms with E-state index in [1.807, 2.05) is 36.4 Å². The van der Waals surface area contributed by atoms with Crippen LogP contribution in [0.4, 0.5) is 0 Å². The van der Waals surface area contributed by atoms with E-state index in [9.17, 15) is 9.59 Å². The highest BCUT2D eigenvalue weighted by Gasteiger charge is 2.41. The largest absolute Gasteiger partial charge is 0.488 e. The van der Waals surface area contributed by atoms with Crippen molar-refractivity contribution >= 4 is 11.8 Å². The molecule has 2 atom stereocenters. The molecule has 2 aromatic rings. The summed E-state index contributed by atoms with van der Waals surface area (Å²) in [6.45, 7) is 1.04. The SMILES string of the molecule is COCCNC(=O)[C@@H]1C[C@H](Oc2ccccc2)CN1C(=O)c1cccc(C#N)c1. The smallest absolute Gasteiger partial charge is 0.254 e. The normalized spacial score (nSPS) is 18.1. The van der Waals surface area contributed by atoms with Gasteiger partial charge in [0.15, 0.2) is 0 Å². The summed E-state index contributed by atoms with van der Waals surface area (Å²) in [6, 6.07) is 17.2. The molecule has 0 saturated carbocycles. The number of nitrogens with zero attached hydrogens (tertiary/aromatic N) is 2. The minimum absolute atomic E-state index is 0.244. The highest BCUT2D eigenvalue weighted by atomic mass is 16.5. The number of hydrogen-bond donors (Lipinski definition) is 1. The molecule has 29 heavy (non-hydrogen) atoms. The maximum atomic E-state index is 13.1. The lowest BCUT2D eigenvalue weighted by Gasteiger charge is -2.23. The first-order valence-corrected chi connectivity index (χ1v) is 9.42. The predicted molar refractivity (Wildman–Crippen MR) is 106 cm³/mol. The van der Waals surface area contributed by atoms with Crippen molar-refractivity contribution in [1.29, 1.82) is 5.26 Å². The molecule has 3 rings (SSSR count). The molecule has 1 aliphatic heterocycles. The Kier molecular flexibility index (Phi) is 6.82. The fourth-order valence-corrected chi connectivity index (χ4v) is 3.33. The summed E-state index contributed by atoms with van der Waals surface area (Å²) in [6.07, 6.45) is 0.0795. The van der Waals surface area contributed by atoms with Gasteiger partial charge in [0.25, 0.3) is 5.91 Å². The Hall–Kier alpha value is -3.37. The van der Waals surface area contributed by atoms with E-state index in [0.29, 0.717) is 36.4 Å². The molecular weight excluding hydrogens is 370 g/mol. The second-order valence-corrected chi connectivity index (χ2v) is 6.74. The van der Waals surface area contributed by atoms with Crippen LogP contribution in [0.25, 0.3) is 0 Å². The van der Waals surface area contributed by atoms with Crippen molar-refractivity contribution in [2.24, 2.45) is 0 Å². The Labute approximate surface area is 169 Å². The number of benzene rings is 2. The van der Waals surface area contributed by atoms with Crippen molar-refractivity contribution in [2.45, 2.75) is 18.6 Å². The number of carbonyl (C=O) groups excluding carboxylic acids is 2. The number of carbonyl (C=O) groups is 2. The third kappa shape index (κ3) is 5.12. The number of nitriles is 1. The summed E-state index contributed by atoms with van der Waals surface area (Å²) in [5.41, 5.74) is 0.771. The molecule has 7 heteroatoms. The number of likely N-dealkylation sites (tertiary alicyclic amines) is 1. The number of methoxy groups -OCH3 is 1. The van der Waals surface area contributed by atoms with Gasteiger partial charge in [0.2, 0.25) is 5.91 Å².